The highest BCUT2D eigenvalue weighted by Gasteiger charge is 2.38. The average Bonchev–Trinajstić information content (AvgIpc) is 3.15. The van der Waals surface area contributed by atoms with Crippen molar-refractivity contribution in [1.82, 2.24) is 24.8 Å². The standard InChI is InChI=1S/C17H23N5OS2/c1-11-14(19-10-18-11)8-21-5-12-3-4-13(7-21)22(6-12)16(23)15-9-25-17(20-15)24-2/h9-10,12-13H,3-8H2,1-2H3,(H,18,19). The Morgan fingerprint density at radius 1 is 1.40 bits per heavy atom. The van der Waals surface area contributed by atoms with Gasteiger partial charge < -0.3 is 9.88 Å². The van der Waals surface area contributed by atoms with Gasteiger partial charge in [-0.3, -0.25) is 9.69 Å². The number of piperidine rings is 1. The molecule has 3 saturated heterocycles. The van der Waals surface area contributed by atoms with Crippen molar-refractivity contribution in [3.05, 3.63) is 28.8 Å². The minimum Gasteiger partial charge on any atom is -0.348 e. The summed E-state index contributed by atoms with van der Waals surface area (Å²) in [5.41, 5.74) is 2.86. The maximum absolute atomic E-state index is 13.0. The normalized spacial score (nSPS) is 23.8. The number of H-pyrrole nitrogens is 1. The third kappa shape index (κ3) is 3.47. The molecule has 0 spiro atoms. The van der Waals surface area contributed by atoms with Gasteiger partial charge in [0, 0.05) is 43.3 Å². The zero-order valence-corrected chi connectivity index (χ0v) is 16.2. The monoisotopic (exact) mass is 377 g/mol. The molecule has 0 aromatic carbocycles. The molecule has 134 valence electrons. The molecule has 5 heterocycles. The number of aromatic amines is 1. The summed E-state index contributed by atoms with van der Waals surface area (Å²) in [6.45, 7) is 5.74. The highest BCUT2D eigenvalue weighted by Crippen LogP contribution is 2.30. The van der Waals surface area contributed by atoms with Gasteiger partial charge in [0.1, 0.15) is 10.0 Å². The Hall–Kier alpha value is -1.38. The second kappa shape index (κ2) is 7.09. The summed E-state index contributed by atoms with van der Waals surface area (Å²) in [6.07, 6.45) is 6.05. The molecule has 0 aliphatic carbocycles. The fourth-order valence-electron chi connectivity index (χ4n) is 3.91. The number of amides is 1. The van der Waals surface area contributed by atoms with E-state index < -0.39 is 0 Å². The molecule has 6 nitrogen and oxygen atoms in total. The topological polar surface area (TPSA) is 65.1 Å². The molecule has 2 atom stereocenters. The summed E-state index contributed by atoms with van der Waals surface area (Å²) in [4.78, 5) is 29.6. The number of rotatable bonds is 4. The highest BCUT2D eigenvalue weighted by molar-refractivity contribution is 8.00. The lowest BCUT2D eigenvalue weighted by molar-refractivity contribution is 0.0579. The molecule has 5 rings (SSSR count). The molecule has 8 heteroatoms. The molecule has 0 saturated carbocycles. The number of nitrogens with one attached hydrogen (secondary N) is 1. The predicted molar refractivity (Wildman–Crippen MR) is 100 cm³/mol. The maximum atomic E-state index is 13.0. The van der Waals surface area contributed by atoms with Gasteiger partial charge in [-0.2, -0.15) is 0 Å². The Morgan fingerprint density at radius 3 is 3.00 bits per heavy atom. The van der Waals surface area contributed by atoms with E-state index in [1.54, 1.807) is 29.4 Å². The minimum absolute atomic E-state index is 0.101. The van der Waals surface area contributed by atoms with Crippen molar-refractivity contribution >= 4 is 29.0 Å². The van der Waals surface area contributed by atoms with E-state index in [0.29, 0.717) is 11.6 Å². The first-order chi connectivity index (χ1) is 12.1. The quantitative estimate of drug-likeness (QED) is 0.830. The molecule has 0 radical (unpaired) electrons. The van der Waals surface area contributed by atoms with E-state index in [1.807, 2.05) is 11.6 Å². The zero-order valence-electron chi connectivity index (χ0n) is 14.6. The van der Waals surface area contributed by atoms with E-state index in [1.165, 1.54) is 6.42 Å². The predicted octanol–water partition coefficient (Wildman–Crippen LogP) is 2.63. The van der Waals surface area contributed by atoms with Crippen molar-refractivity contribution in [2.24, 2.45) is 5.92 Å². The van der Waals surface area contributed by atoms with Crippen LogP contribution >= 0.6 is 23.1 Å². The number of thioether (sulfide) groups is 1. The molecule has 3 aliphatic heterocycles. The molecule has 2 unspecified atom stereocenters. The summed E-state index contributed by atoms with van der Waals surface area (Å²) in [5, 5.41) is 1.90. The molecule has 2 aromatic heterocycles. The van der Waals surface area contributed by atoms with Gasteiger partial charge in [-0.15, -0.1) is 11.3 Å². The van der Waals surface area contributed by atoms with Crippen LogP contribution in [0, 0.1) is 12.8 Å². The molecule has 1 N–H and O–H groups in total. The average molecular weight is 378 g/mol. The number of carbonyl (C=O) groups is 1. The number of imidazole rings is 1. The van der Waals surface area contributed by atoms with Gasteiger partial charge in [0.2, 0.25) is 0 Å². The fraction of sp³-hybridized carbons (Fsp3) is 0.588. The Kier molecular flexibility index (Phi) is 4.84. The van der Waals surface area contributed by atoms with Crippen LogP contribution in [0.15, 0.2) is 16.0 Å². The van der Waals surface area contributed by atoms with Crippen molar-refractivity contribution in [1.29, 1.82) is 0 Å². The molecular formula is C17H23N5OS2. The Bertz CT molecular complexity index is 758. The van der Waals surface area contributed by atoms with Gasteiger partial charge in [0.05, 0.1) is 12.0 Å². The molecule has 25 heavy (non-hydrogen) atoms. The van der Waals surface area contributed by atoms with Crippen LogP contribution in [0.2, 0.25) is 0 Å². The number of thiazole rings is 1. The first kappa shape index (κ1) is 17.1. The molecule has 3 fully saturated rings. The molecule has 2 aromatic rings. The first-order valence-electron chi connectivity index (χ1n) is 8.65. The smallest absolute Gasteiger partial charge is 0.273 e. The second-order valence-electron chi connectivity index (χ2n) is 6.93. The summed E-state index contributed by atoms with van der Waals surface area (Å²) in [7, 11) is 0. The lowest BCUT2D eigenvalue weighted by atomic mass is 9.95. The summed E-state index contributed by atoms with van der Waals surface area (Å²) in [5.74, 6) is 0.643. The van der Waals surface area contributed by atoms with Crippen LogP contribution in [0.25, 0.3) is 0 Å². The van der Waals surface area contributed by atoms with Crippen molar-refractivity contribution in [2.45, 2.75) is 36.7 Å². The third-order valence-electron chi connectivity index (χ3n) is 5.23. The molecular weight excluding hydrogens is 354 g/mol. The SMILES string of the molecule is CSc1nc(C(=O)N2CC3CCC2CN(Cc2nc[nH]c2C)C3)cs1. The molecule has 1 amide bonds. The van der Waals surface area contributed by atoms with Crippen molar-refractivity contribution < 1.29 is 4.79 Å². The number of hydrogen-bond acceptors (Lipinski definition) is 6. The molecule has 3 aliphatic rings. The maximum Gasteiger partial charge on any atom is 0.273 e. The lowest BCUT2D eigenvalue weighted by Gasteiger charge is -2.35. The second-order valence-corrected chi connectivity index (χ2v) is 8.84. The van der Waals surface area contributed by atoms with Crippen LogP contribution < -0.4 is 0 Å². The van der Waals surface area contributed by atoms with Gasteiger partial charge in [0.25, 0.3) is 5.91 Å². The van der Waals surface area contributed by atoms with Gasteiger partial charge in [-0.25, -0.2) is 9.97 Å². The highest BCUT2D eigenvalue weighted by atomic mass is 32.2. The number of hydrogen-bond donors (Lipinski definition) is 1. The van der Waals surface area contributed by atoms with Crippen molar-refractivity contribution in [3.63, 3.8) is 0 Å². The van der Waals surface area contributed by atoms with Crippen LogP contribution in [-0.4, -0.2) is 62.6 Å². The van der Waals surface area contributed by atoms with Crippen LogP contribution in [0.1, 0.15) is 34.7 Å². The Balaban J connectivity index is 1.49. The van der Waals surface area contributed by atoms with E-state index in [4.69, 9.17) is 0 Å². The van der Waals surface area contributed by atoms with Crippen molar-refractivity contribution in [2.75, 3.05) is 25.9 Å². The van der Waals surface area contributed by atoms with E-state index in [-0.39, 0.29) is 11.9 Å². The number of aryl methyl sites for hydroxylation is 1. The Morgan fingerprint density at radius 2 is 2.28 bits per heavy atom. The van der Waals surface area contributed by atoms with E-state index in [9.17, 15) is 4.79 Å². The molecule has 2 bridgehead atoms. The van der Waals surface area contributed by atoms with E-state index in [2.05, 4.69) is 31.7 Å². The Labute approximate surface area is 156 Å². The van der Waals surface area contributed by atoms with E-state index in [0.717, 1.165) is 48.3 Å². The van der Waals surface area contributed by atoms with Gasteiger partial charge in [-0.05, 0) is 31.9 Å². The van der Waals surface area contributed by atoms with Crippen LogP contribution in [0.3, 0.4) is 0 Å². The van der Waals surface area contributed by atoms with E-state index >= 15 is 0 Å². The minimum atomic E-state index is 0.101. The first-order valence-corrected chi connectivity index (χ1v) is 10.8. The number of nitrogens with zero attached hydrogens (tertiary/aromatic N) is 4. The lowest BCUT2D eigenvalue weighted by Crippen LogP contribution is -2.47. The summed E-state index contributed by atoms with van der Waals surface area (Å²) in [6, 6.07) is 0.282. The third-order valence-corrected chi connectivity index (χ3v) is 7.10. The van der Waals surface area contributed by atoms with Gasteiger partial charge in [0.15, 0.2) is 0 Å². The largest absolute Gasteiger partial charge is 0.348 e. The fourth-order valence-corrected chi connectivity index (χ4v) is 5.15. The van der Waals surface area contributed by atoms with Gasteiger partial charge in [-0.1, -0.05) is 11.8 Å². The van der Waals surface area contributed by atoms with Crippen LogP contribution in [0.4, 0.5) is 0 Å². The van der Waals surface area contributed by atoms with Crippen molar-refractivity contribution in [3.8, 4) is 0 Å². The summed E-state index contributed by atoms with van der Waals surface area (Å²) >= 11 is 3.15. The van der Waals surface area contributed by atoms with Crippen LogP contribution in [-0.2, 0) is 6.54 Å². The zero-order chi connectivity index (χ0) is 17.4. The number of aromatic nitrogens is 3. The summed E-state index contributed by atoms with van der Waals surface area (Å²) < 4.78 is 0.957. The number of carbonyl (C=O) groups excluding carboxylic acids is 1. The number of fused-ring (bicyclic) bond motifs is 4. The van der Waals surface area contributed by atoms with Gasteiger partial charge >= 0.3 is 0 Å². The van der Waals surface area contributed by atoms with Crippen LogP contribution in [0.5, 0.6) is 0 Å².